The highest BCUT2D eigenvalue weighted by Crippen LogP contribution is 2.44. The topological polar surface area (TPSA) is 73.8 Å². The molecule has 3 saturated carbocycles. The van der Waals surface area contributed by atoms with Crippen LogP contribution in [-0.4, -0.2) is 100 Å². The maximum atomic E-state index is 5.66. The smallest absolute Gasteiger partial charge is 0.105 e. The summed E-state index contributed by atoms with van der Waals surface area (Å²) < 4.78 is 42.8. The monoisotopic (exact) mass is 759 g/mol. The van der Waals surface area contributed by atoms with Crippen LogP contribution in [0, 0.1) is 28.6 Å². The molecule has 6 aliphatic rings. The minimum atomic E-state index is -0.0153. The van der Waals surface area contributed by atoms with E-state index in [2.05, 4.69) is 125 Å². The summed E-state index contributed by atoms with van der Waals surface area (Å²) in [7, 11) is 0. The molecule has 318 valence electrons. The zero-order valence-corrected chi connectivity index (χ0v) is 38.3. The van der Waals surface area contributed by atoms with Crippen molar-refractivity contribution in [2.24, 2.45) is 28.6 Å². The first-order valence-electron chi connectivity index (χ1n) is 21.0. The fraction of sp³-hybridized carbons (Fsp3) is 1.00. The van der Waals surface area contributed by atoms with E-state index in [-0.39, 0.29) is 27.8 Å². The van der Waals surface area contributed by atoms with Crippen molar-refractivity contribution < 1.29 is 37.9 Å². The second-order valence-electron chi connectivity index (χ2n) is 21.8. The van der Waals surface area contributed by atoms with E-state index in [0.29, 0.717) is 29.6 Å². The summed E-state index contributed by atoms with van der Waals surface area (Å²) in [5.74, 6) is 2.61. The van der Waals surface area contributed by atoms with E-state index >= 15 is 0 Å². The lowest BCUT2D eigenvalue weighted by Gasteiger charge is -2.39. The molecule has 3 aliphatic heterocycles. The SMILES string of the molecule is CC(C)(C)C1CC1.CC(C)(C)OC1CC1.CC(C)(C)OC1COC1.CC(C)(C)OCC1COC1.CC(C)OCC1CC1.CC1(COC(C)(C)C)COC1. The molecular formula is C45H90O8. The number of rotatable bonds is 9. The highest BCUT2D eigenvalue weighted by atomic mass is 16.6. The van der Waals surface area contributed by atoms with E-state index in [9.17, 15) is 0 Å². The standard InChI is InChI=1S/C9H18O2.C8H16O2.C7H14O2.2C7H14O.C7H14/c1-8(2,3)11-7-9(4)5-10-6-9;1-8(2,3)10-6-7-4-9-5-7;1-7(2,3)9-6-4-8-5-6;1-7(2,3)8-6-4-5-6;1-6(2)8-5-7-3-4-7;1-7(2,3)6-4-5-6/h5-7H2,1-4H3;7H,4-6H2,1-3H3;6H,4-5H2,1-3H3;6H,4-5H2,1-3H3;6-7H,3-5H2,1-2H3;6H,4-5H2,1-3H3. The average Bonchev–Trinajstić information content (AvgIpc) is 3.73. The van der Waals surface area contributed by atoms with Crippen molar-refractivity contribution in [2.45, 2.75) is 204 Å². The lowest BCUT2D eigenvalue weighted by Crippen LogP contribution is -2.45. The van der Waals surface area contributed by atoms with Gasteiger partial charge in [-0.1, -0.05) is 27.7 Å². The number of hydrogen-bond acceptors (Lipinski definition) is 8. The molecule has 0 aromatic heterocycles. The molecule has 0 amide bonds. The quantitative estimate of drug-likeness (QED) is 0.230. The molecule has 6 fully saturated rings. The van der Waals surface area contributed by atoms with Gasteiger partial charge in [-0.05, 0) is 153 Å². The van der Waals surface area contributed by atoms with Gasteiger partial charge in [-0.15, -0.1) is 0 Å². The van der Waals surface area contributed by atoms with E-state index < -0.39 is 0 Å². The van der Waals surface area contributed by atoms with Crippen molar-refractivity contribution in [3.8, 4) is 0 Å². The van der Waals surface area contributed by atoms with E-state index in [4.69, 9.17) is 37.9 Å². The van der Waals surface area contributed by atoms with Crippen LogP contribution in [0.4, 0.5) is 0 Å². The van der Waals surface area contributed by atoms with Crippen molar-refractivity contribution >= 4 is 0 Å². The third-order valence-electron chi connectivity index (χ3n) is 8.55. The lowest BCUT2D eigenvalue weighted by atomic mass is 9.90. The Kier molecular flexibility index (Phi) is 21.6. The molecule has 0 aromatic rings. The Balaban J connectivity index is 0.000000320. The molecule has 8 heteroatoms. The highest BCUT2D eigenvalue weighted by Gasteiger charge is 2.35. The Morgan fingerprint density at radius 1 is 0.528 bits per heavy atom. The predicted molar refractivity (Wildman–Crippen MR) is 220 cm³/mol. The normalized spacial score (nSPS) is 21.6. The maximum Gasteiger partial charge on any atom is 0.105 e. The van der Waals surface area contributed by atoms with Crippen LogP contribution in [0.2, 0.25) is 0 Å². The van der Waals surface area contributed by atoms with E-state index in [1.165, 1.54) is 38.5 Å². The summed E-state index contributed by atoms with van der Waals surface area (Å²) in [6.45, 7) is 46.0. The van der Waals surface area contributed by atoms with E-state index in [1.807, 2.05) is 0 Å². The van der Waals surface area contributed by atoms with Crippen LogP contribution >= 0.6 is 0 Å². The van der Waals surface area contributed by atoms with Gasteiger partial charge in [0.1, 0.15) is 6.10 Å². The Labute approximate surface area is 329 Å². The average molecular weight is 759 g/mol. The molecule has 3 aliphatic carbocycles. The third-order valence-corrected chi connectivity index (χ3v) is 8.55. The van der Waals surface area contributed by atoms with Crippen LogP contribution in [0.1, 0.15) is 163 Å². The fourth-order valence-corrected chi connectivity index (χ4v) is 4.70. The number of ether oxygens (including phenoxy) is 8. The second kappa shape index (κ2) is 22.6. The summed E-state index contributed by atoms with van der Waals surface area (Å²) in [4.78, 5) is 0. The van der Waals surface area contributed by atoms with Gasteiger partial charge < -0.3 is 37.9 Å². The molecule has 0 bridgehead atoms. The van der Waals surface area contributed by atoms with Crippen LogP contribution < -0.4 is 0 Å². The zero-order valence-electron chi connectivity index (χ0n) is 38.3. The lowest BCUT2D eigenvalue weighted by molar-refractivity contribution is -0.176. The Morgan fingerprint density at radius 3 is 1.21 bits per heavy atom. The number of hydrogen-bond donors (Lipinski definition) is 0. The minimum Gasteiger partial charge on any atom is -0.381 e. The van der Waals surface area contributed by atoms with Crippen molar-refractivity contribution in [3.63, 3.8) is 0 Å². The van der Waals surface area contributed by atoms with Crippen molar-refractivity contribution in [2.75, 3.05) is 59.5 Å². The first-order chi connectivity index (χ1) is 24.0. The van der Waals surface area contributed by atoms with Gasteiger partial charge >= 0.3 is 0 Å². The molecule has 0 radical (unpaired) electrons. The Hall–Kier alpha value is -0.320. The van der Waals surface area contributed by atoms with Gasteiger partial charge in [-0.3, -0.25) is 0 Å². The van der Waals surface area contributed by atoms with E-state index in [1.54, 1.807) is 0 Å². The maximum absolute atomic E-state index is 5.66. The van der Waals surface area contributed by atoms with Gasteiger partial charge in [0.25, 0.3) is 0 Å². The largest absolute Gasteiger partial charge is 0.381 e. The molecule has 0 unspecified atom stereocenters. The van der Waals surface area contributed by atoms with E-state index in [0.717, 1.165) is 71.3 Å². The van der Waals surface area contributed by atoms with Crippen LogP contribution in [0.3, 0.4) is 0 Å². The van der Waals surface area contributed by atoms with Crippen LogP contribution in [0.25, 0.3) is 0 Å². The summed E-state index contributed by atoms with van der Waals surface area (Å²) in [6, 6.07) is 0. The van der Waals surface area contributed by atoms with Crippen LogP contribution in [-0.2, 0) is 37.9 Å². The molecule has 0 spiro atoms. The molecule has 8 nitrogen and oxygen atoms in total. The first-order valence-corrected chi connectivity index (χ1v) is 21.0. The predicted octanol–water partition coefficient (Wildman–Crippen LogP) is 10.7. The summed E-state index contributed by atoms with van der Waals surface area (Å²) in [5.41, 5.74) is 0.969. The Morgan fingerprint density at radius 2 is 1.00 bits per heavy atom. The van der Waals surface area contributed by atoms with Gasteiger partial charge in [0.2, 0.25) is 0 Å². The van der Waals surface area contributed by atoms with Crippen molar-refractivity contribution in [1.29, 1.82) is 0 Å². The molecule has 6 rings (SSSR count). The van der Waals surface area contributed by atoms with Crippen molar-refractivity contribution in [1.82, 2.24) is 0 Å². The summed E-state index contributed by atoms with van der Waals surface area (Å²) in [6.07, 6.45) is 9.66. The van der Waals surface area contributed by atoms with Gasteiger partial charge in [0, 0.05) is 17.9 Å². The van der Waals surface area contributed by atoms with Gasteiger partial charge in [0.05, 0.1) is 87.5 Å². The Bertz CT molecular complexity index is 920. The first kappa shape index (κ1) is 50.7. The van der Waals surface area contributed by atoms with Gasteiger partial charge in [-0.25, -0.2) is 0 Å². The van der Waals surface area contributed by atoms with Gasteiger partial charge in [0.15, 0.2) is 0 Å². The molecule has 0 aromatic carbocycles. The minimum absolute atomic E-state index is 0.00551. The van der Waals surface area contributed by atoms with Gasteiger partial charge in [-0.2, -0.15) is 0 Å². The molecule has 3 saturated heterocycles. The van der Waals surface area contributed by atoms with Crippen LogP contribution in [0.5, 0.6) is 0 Å². The van der Waals surface area contributed by atoms with Crippen LogP contribution in [0.15, 0.2) is 0 Å². The zero-order chi connectivity index (χ0) is 40.7. The second-order valence-corrected chi connectivity index (χ2v) is 21.8. The highest BCUT2D eigenvalue weighted by molar-refractivity contribution is 4.84. The molecule has 0 atom stereocenters. The third kappa shape index (κ3) is 32.5. The molecule has 3 heterocycles. The fourth-order valence-electron chi connectivity index (χ4n) is 4.70. The summed E-state index contributed by atoms with van der Waals surface area (Å²) >= 11 is 0. The summed E-state index contributed by atoms with van der Waals surface area (Å²) in [5, 5.41) is 0. The molecule has 53 heavy (non-hydrogen) atoms. The molecular weight excluding hydrogens is 668 g/mol. The molecule has 0 N–H and O–H groups in total. The van der Waals surface area contributed by atoms with Crippen molar-refractivity contribution in [3.05, 3.63) is 0 Å².